The highest BCUT2D eigenvalue weighted by Gasteiger charge is 2.39. The third-order valence-corrected chi connectivity index (χ3v) is 3.11. The molecule has 4 nitrogen and oxygen atoms in total. The maximum atomic E-state index is 12.4. The van der Waals surface area contributed by atoms with Crippen molar-refractivity contribution in [3.05, 3.63) is 29.8 Å². The van der Waals surface area contributed by atoms with Gasteiger partial charge in [-0.3, -0.25) is 0 Å². The first kappa shape index (κ1) is 12.5. The third-order valence-electron chi connectivity index (χ3n) is 1.71. The van der Waals surface area contributed by atoms with Crippen LogP contribution in [-0.4, -0.2) is 18.8 Å². The lowest BCUT2D eigenvalue weighted by molar-refractivity contribution is -0.139. The second kappa shape index (κ2) is 3.78. The molecule has 0 spiro atoms. The Bertz CT molecular complexity index is 518. The molecule has 0 saturated carbocycles. The molecule has 0 aliphatic rings. The van der Waals surface area contributed by atoms with Crippen LogP contribution in [0.25, 0.3) is 0 Å². The number of hydrogen-bond donors (Lipinski definition) is 1. The summed E-state index contributed by atoms with van der Waals surface area (Å²) in [5.41, 5.74) is -1.49. The minimum atomic E-state index is -4.99. The minimum absolute atomic E-state index is 0.510. The summed E-state index contributed by atoms with van der Waals surface area (Å²) in [6.07, 6.45) is -4.92. The molecule has 0 amide bonds. The molecule has 8 heteroatoms. The Balaban J connectivity index is 3.54. The summed E-state index contributed by atoms with van der Waals surface area (Å²) in [6.45, 7) is 0. The van der Waals surface area contributed by atoms with Crippen molar-refractivity contribution in [2.75, 3.05) is 0 Å². The van der Waals surface area contributed by atoms with E-state index in [1.807, 2.05) is 0 Å². The van der Waals surface area contributed by atoms with E-state index in [1.54, 1.807) is 0 Å². The van der Waals surface area contributed by atoms with Gasteiger partial charge in [-0.25, -0.2) is 13.2 Å². The van der Waals surface area contributed by atoms with Crippen LogP contribution in [0.5, 0.6) is 0 Å². The van der Waals surface area contributed by atoms with Crippen molar-refractivity contribution in [3.63, 3.8) is 0 Å². The monoisotopic (exact) mass is 254 g/mol. The quantitative estimate of drug-likeness (QED) is 0.833. The normalized spacial score (nSPS) is 12.4. The van der Waals surface area contributed by atoms with E-state index in [-0.39, 0.29) is 0 Å². The Labute approximate surface area is 88.2 Å². The third kappa shape index (κ3) is 2.16. The molecular formula is C8H5F3O4S. The Kier molecular flexibility index (Phi) is 2.95. The zero-order valence-electron chi connectivity index (χ0n) is 7.52. The van der Waals surface area contributed by atoms with Crippen LogP contribution in [-0.2, 0) is 16.0 Å². The predicted octanol–water partition coefficient (Wildman–Crippen LogP) is 2.16. The number of alkyl halides is 3. The summed E-state index contributed by atoms with van der Waals surface area (Å²) in [7, 11) is -4.99. The minimum Gasteiger partial charge on any atom is -0.469 e. The highest BCUT2D eigenvalue weighted by atomic mass is 32.2. The molecule has 0 atom stereocenters. The van der Waals surface area contributed by atoms with E-state index in [1.165, 1.54) is 0 Å². The average molecular weight is 254 g/mol. The van der Waals surface area contributed by atoms with Gasteiger partial charge in [-0.2, -0.15) is 13.2 Å². The van der Waals surface area contributed by atoms with Crippen LogP contribution < -0.4 is 0 Å². The summed E-state index contributed by atoms with van der Waals surface area (Å²) in [5, 5.41) is 6.01. The maximum absolute atomic E-state index is 12.4. The zero-order chi connectivity index (χ0) is 12.6. The fourth-order valence-electron chi connectivity index (χ4n) is 1.03. The number of halogens is 3. The van der Waals surface area contributed by atoms with Gasteiger partial charge < -0.3 is 5.11 Å². The second-order valence-corrected chi connectivity index (χ2v) is 4.56. The van der Waals surface area contributed by atoms with E-state index in [0.29, 0.717) is 12.1 Å². The Hall–Kier alpha value is -1.57. The van der Waals surface area contributed by atoms with E-state index in [0.717, 1.165) is 12.1 Å². The molecule has 0 aromatic heterocycles. The Morgan fingerprint density at radius 1 is 1.19 bits per heavy atom. The molecule has 16 heavy (non-hydrogen) atoms. The fraction of sp³-hybridized carbons (Fsp3) is 0.125. The molecule has 1 aromatic rings. The Morgan fingerprint density at radius 3 is 2.12 bits per heavy atom. The van der Waals surface area contributed by atoms with E-state index < -0.39 is 31.8 Å². The van der Waals surface area contributed by atoms with Crippen LogP contribution in [0, 0.1) is 0 Å². The fourth-order valence-corrected chi connectivity index (χ4v) is 1.95. The van der Waals surface area contributed by atoms with Gasteiger partial charge in [0.1, 0.15) is 0 Å². The lowest BCUT2D eigenvalue weighted by Crippen LogP contribution is -2.18. The lowest BCUT2D eigenvalue weighted by atomic mass is 10.2. The van der Waals surface area contributed by atoms with Crippen LogP contribution in [0.2, 0.25) is 0 Å². The van der Waals surface area contributed by atoms with Crippen molar-refractivity contribution < 1.29 is 31.5 Å². The molecule has 0 heterocycles. The van der Waals surface area contributed by atoms with Gasteiger partial charge in [0.15, 0.2) is 0 Å². The summed E-state index contributed by atoms with van der Waals surface area (Å²) >= 11 is 0. The van der Waals surface area contributed by atoms with Gasteiger partial charge in [0.05, 0.1) is 10.5 Å². The molecule has 0 bridgehead atoms. The van der Waals surface area contributed by atoms with Crippen molar-refractivity contribution in [2.24, 2.45) is 0 Å². The molecule has 0 aliphatic carbocycles. The first-order valence-electron chi connectivity index (χ1n) is 3.81. The maximum Gasteiger partial charge on any atom is 0.427 e. The van der Waals surface area contributed by atoms with Gasteiger partial charge >= 0.3 is 11.5 Å². The molecule has 0 fully saturated rings. The molecule has 1 rings (SSSR count). The van der Waals surface area contributed by atoms with E-state index >= 15 is 0 Å². The van der Waals surface area contributed by atoms with Gasteiger partial charge in [-0.1, -0.05) is 12.1 Å². The van der Waals surface area contributed by atoms with Gasteiger partial charge in [0.25, 0.3) is 9.84 Å². The number of sulfone groups is 1. The van der Waals surface area contributed by atoms with E-state index in [2.05, 4.69) is 0 Å². The highest BCUT2D eigenvalue weighted by Crippen LogP contribution is 2.34. The number of benzene rings is 1. The van der Waals surface area contributed by atoms with Gasteiger partial charge in [-0.15, -0.1) is 0 Å². The summed E-state index contributed by atoms with van der Waals surface area (Å²) in [4.78, 5) is 9.09. The van der Waals surface area contributed by atoms with Crippen molar-refractivity contribution >= 4 is 15.1 Å². The average Bonchev–Trinajstić information content (AvgIpc) is 2.16. The molecule has 0 radical (unpaired) electrons. The van der Waals surface area contributed by atoms with Gasteiger partial charge in [-0.05, 0) is 12.1 Å². The zero-order valence-corrected chi connectivity index (χ0v) is 8.34. The first-order chi connectivity index (χ1) is 7.17. The van der Waals surface area contributed by atoms with E-state index in [9.17, 15) is 26.4 Å². The molecule has 0 aliphatic heterocycles. The number of carboxylic acid groups (broad SMARTS) is 1. The first-order valence-corrected chi connectivity index (χ1v) is 5.30. The lowest BCUT2D eigenvalue weighted by Gasteiger charge is -2.10. The van der Waals surface area contributed by atoms with Crippen LogP contribution >= 0.6 is 0 Å². The highest BCUT2D eigenvalue weighted by molar-refractivity contribution is 8.05. The predicted molar refractivity (Wildman–Crippen MR) is 46.7 cm³/mol. The Morgan fingerprint density at radius 2 is 1.69 bits per heavy atom. The summed E-state index contributed by atoms with van der Waals surface area (Å²) in [6, 6.07) is 3.11. The molecule has 0 unspecified atom stereocenters. The standard InChI is InChI=1S/C8H5F3O4S/c9-8(10,11)5-3-1-2-4-6(5)16(14,15)7(12)13/h1-4H,(H,12,13). The van der Waals surface area contributed by atoms with Crippen molar-refractivity contribution in [1.29, 1.82) is 0 Å². The molecular weight excluding hydrogens is 249 g/mol. The summed E-state index contributed by atoms with van der Waals surface area (Å²) in [5.74, 6) is 0. The molecule has 1 aromatic carbocycles. The van der Waals surface area contributed by atoms with Crippen LogP contribution in [0.3, 0.4) is 0 Å². The van der Waals surface area contributed by atoms with Crippen molar-refractivity contribution in [2.45, 2.75) is 11.1 Å². The molecule has 0 saturated heterocycles. The number of rotatable bonds is 1. The molecule has 1 N–H and O–H groups in total. The number of carbonyl (C=O) groups is 1. The van der Waals surface area contributed by atoms with Crippen molar-refractivity contribution in [1.82, 2.24) is 0 Å². The van der Waals surface area contributed by atoms with Gasteiger partial charge in [0, 0.05) is 0 Å². The largest absolute Gasteiger partial charge is 0.469 e. The van der Waals surface area contributed by atoms with Crippen LogP contribution in [0.15, 0.2) is 29.2 Å². The van der Waals surface area contributed by atoms with Gasteiger partial charge in [0.2, 0.25) is 0 Å². The van der Waals surface area contributed by atoms with Crippen molar-refractivity contribution in [3.8, 4) is 0 Å². The van der Waals surface area contributed by atoms with Crippen LogP contribution in [0.4, 0.5) is 18.0 Å². The second-order valence-electron chi connectivity index (χ2n) is 2.76. The van der Waals surface area contributed by atoms with Crippen LogP contribution in [0.1, 0.15) is 5.56 Å². The van der Waals surface area contributed by atoms with E-state index in [4.69, 9.17) is 5.11 Å². The smallest absolute Gasteiger partial charge is 0.427 e. The summed E-state index contributed by atoms with van der Waals surface area (Å²) < 4.78 is 59.4. The molecule has 88 valence electrons. The SMILES string of the molecule is O=C(O)S(=O)(=O)c1ccccc1C(F)(F)F. The number of hydrogen-bond acceptors (Lipinski definition) is 3. The topological polar surface area (TPSA) is 71.4 Å².